The van der Waals surface area contributed by atoms with Crippen LogP contribution in [0.3, 0.4) is 0 Å². The first-order chi connectivity index (χ1) is 37.5. The molecule has 4 heterocycles. The summed E-state index contributed by atoms with van der Waals surface area (Å²) in [5.74, 6) is 7.01. The van der Waals surface area contributed by atoms with Crippen LogP contribution in [0.5, 0.6) is 0 Å². The number of hydrogen-bond donors (Lipinski definition) is 6. The Morgan fingerprint density at radius 1 is 0.792 bits per heavy atom. The maximum Gasteiger partial charge on any atom is 0.270 e. The number of fused-ring (bicyclic) bond motifs is 1. The van der Waals surface area contributed by atoms with Gasteiger partial charge in [0.05, 0.1) is 63.0 Å². The van der Waals surface area contributed by atoms with E-state index in [0.29, 0.717) is 105 Å². The van der Waals surface area contributed by atoms with Crippen molar-refractivity contribution in [3.63, 3.8) is 0 Å². The van der Waals surface area contributed by atoms with Gasteiger partial charge in [-0.15, -0.1) is 0 Å². The predicted octanol–water partition coefficient (Wildman–Crippen LogP) is 5.80. The number of nitrogens with two attached hydrogens (primary N) is 1. The van der Waals surface area contributed by atoms with Crippen molar-refractivity contribution < 1.29 is 33.4 Å². The second-order valence-corrected chi connectivity index (χ2v) is 19.6. The molecule has 5 atom stereocenters. The lowest BCUT2D eigenvalue weighted by molar-refractivity contribution is -0.123. The second-order valence-electron chi connectivity index (χ2n) is 19.6. The number of nitriles is 1. The fourth-order valence-electron chi connectivity index (χ4n) is 10.1. The average Bonchev–Trinajstić information content (AvgIpc) is 4.13. The molecule has 3 aromatic carbocycles. The van der Waals surface area contributed by atoms with Crippen molar-refractivity contribution in [3.8, 4) is 40.2 Å². The zero-order valence-corrected chi connectivity index (χ0v) is 43.9. The van der Waals surface area contributed by atoms with E-state index in [2.05, 4.69) is 54.4 Å². The monoisotopic (exact) mass is 1040 g/mol. The number of anilines is 2. The van der Waals surface area contributed by atoms with Crippen LogP contribution in [-0.4, -0.2) is 123 Å². The van der Waals surface area contributed by atoms with E-state index in [1.165, 1.54) is 0 Å². The third-order valence-corrected chi connectivity index (χ3v) is 14.0. The Morgan fingerprint density at radius 2 is 1.53 bits per heavy atom. The summed E-state index contributed by atoms with van der Waals surface area (Å²) in [5.41, 5.74) is 12.4. The number of hydrogen-bond acceptors (Lipinski definition) is 14. The Kier molecular flexibility index (Phi) is 20.1. The molecule has 1 aliphatic carbocycles. The number of nitrogen functional groups attached to an aromatic ring is 1. The van der Waals surface area contributed by atoms with Gasteiger partial charge in [0.1, 0.15) is 29.1 Å². The number of carbonyl (C=O) groups is 4. The van der Waals surface area contributed by atoms with E-state index in [1.807, 2.05) is 74.5 Å². The van der Waals surface area contributed by atoms with Crippen LogP contribution in [0.1, 0.15) is 108 Å². The molecule has 0 spiro atoms. The summed E-state index contributed by atoms with van der Waals surface area (Å²) in [6.07, 6.45) is 6.43. The van der Waals surface area contributed by atoms with Crippen LogP contribution in [0.4, 0.5) is 11.5 Å². The van der Waals surface area contributed by atoms with Crippen LogP contribution in [0.15, 0.2) is 91.0 Å². The number of pyridine rings is 1. The number of aryl methyl sites for hydroxylation is 1. The molecule has 3 fully saturated rings. The molecule has 18 heteroatoms. The summed E-state index contributed by atoms with van der Waals surface area (Å²) in [6.45, 7) is 7.90. The van der Waals surface area contributed by atoms with Gasteiger partial charge in [0.15, 0.2) is 0 Å². The summed E-state index contributed by atoms with van der Waals surface area (Å²) < 4.78 is 17.0. The maximum atomic E-state index is 13.9. The van der Waals surface area contributed by atoms with E-state index >= 15 is 0 Å². The van der Waals surface area contributed by atoms with Crippen molar-refractivity contribution >= 4 is 35.1 Å². The highest BCUT2D eigenvalue weighted by atomic mass is 16.5. The Balaban J connectivity index is 0.704. The van der Waals surface area contributed by atoms with Gasteiger partial charge in [0, 0.05) is 61.9 Å². The van der Waals surface area contributed by atoms with E-state index < -0.39 is 12.1 Å². The molecule has 3 aliphatic rings. The van der Waals surface area contributed by atoms with Crippen molar-refractivity contribution in [3.05, 3.63) is 125 Å². The molecule has 2 saturated heterocycles. The van der Waals surface area contributed by atoms with E-state index in [0.717, 1.165) is 67.3 Å². The zero-order valence-electron chi connectivity index (χ0n) is 43.9. The van der Waals surface area contributed by atoms with Gasteiger partial charge in [0.25, 0.3) is 11.8 Å². The SMILES string of the molecule is Cc1nc([C@H](C)NC(=O)c2ccc(-c3ccc(N)cc3)cc2)cc(N2[C@H](C(=O)NCCOCCOCCOCCC(=O)NCCC#Cc3cc(-c4cccc(C#N)c4)cc(C(=O)N[C@@H]4CCNC4)n3)C[C@@H]3CCCC[C@@H]32)n1. The largest absolute Gasteiger partial charge is 0.399 e. The second kappa shape index (κ2) is 27.9. The Morgan fingerprint density at radius 3 is 2.29 bits per heavy atom. The molecule has 0 bridgehead atoms. The van der Waals surface area contributed by atoms with Gasteiger partial charge in [-0.05, 0) is 129 Å². The van der Waals surface area contributed by atoms with Gasteiger partial charge in [-0.3, -0.25) is 19.2 Å². The van der Waals surface area contributed by atoms with Crippen LogP contribution in [0.2, 0.25) is 0 Å². The molecular formula is C59H69N11O7. The van der Waals surface area contributed by atoms with E-state index in [-0.39, 0.29) is 54.4 Å². The average molecular weight is 1040 g/mol. The summed E-state index contributed by atoms with van der Waals surface area (Å²) in [7, 11) is 0. The Labute approximate surface area is 450 Å². The molecule has 8 rings (SSSR count). The van der Waals surface area contributed by atoms with Crippen LogP contribution in [0, 0.1) is 36.0 Å². The first kappa shape index (κ1) is 55.5. The summed E-state index contributed by atoms with van der Waals surface area (Å²) in [5, 5.41) is 24.7. The molecule has 1 saturated carbocycles. The fraction of sp³-hybridized carbons (Fsp3) is 0.424. The smallest absolute Gasteiger partial charge is 0.270 e. The minimum absolute atomic E-state index is 0.0262. The molecule has 2 aliphatic heterocycles. The summed E-state index contributed by atoms with van der Waals surface area (Å²) in [4.78, 5) is 69.1. The highest BCUT2D eigenvalue weighted by Gasteiger charge is 2.46. The van der Waals surface area contributed by atoms with Crippen molar-refractivity contribution in [1.29, 1.82) is 5.26 Å². The predicted molar refractivity (Wildman–Crippen MR) is 293 cm³/mol. The number of nitrogens with zero attached hydrogens (tertiary/aromatic N) is 5. The molecule has 7 N–H and O–H groups in total. The molecule has 77 heavy (non-hydrogen) atoms. The quantitative estimate of drug-likeness (QED) is 0.0257. The third kappa shape index (κ3) is 15.9. The molecule has 5 aromatic rings. The number of rotatable bonds is 23. The van der Waals surface area contributed by atoms with Crippen molar-refractivity contribution in [2.45, 2.75) is 89.4 Å². The first-order valence-electron chi connectivity index (χ1n) is 26.7. The van der Waals surface area contributed by atoms with Gasteiger partial charge in [-0.1, -0.05) is 55.2 Å². The van der Waals surface area contributed by atoms with Gasteiger partial charge < -0.3 is 51.4 Å². The molecule has 0 radical (unpaired) electrons. The minimum atomic E-state index is -0.412. The zero-order chi connectivity index (χ0) is 53.9. The fourth-order valence-corrected chi connectivity index (χ4v) is 10.1. The Bertz CT molecular complexity index is 2930. The molecule has 2 aromatic heterocycles. The Hall–Kier alpha value is -7.74. The number of nitrogens with one attached hydrogen (secondary N) is 5. The van der Waals surface area contributed by atoms with Gasteiger partial charge in [0.2, 0.25) is 11.8 Å². The lowest BCUT2D eigenvalue weighted by atomic mass is 9.84. The van der Waals surface area contributed by atoms with Crippen LogP contribution in [0.25, 0.3) is 22.3 Å². The van der Waals surface area contributed by atoms with Gasteiger partial charge >= 0.3 is 0 Å². The number of aromatic nitrogens is 3. The topological polar surface area (TPSA) is 248 Å². The minimum Gasteiger partial charge on any atom is -0.399 e. The normalized spacial score (nSPS) is 18.0. The standard InChI is InChI=1S/C59H69N11O7/c1-39(65-57(72)44-15-13-42(14-16-44)43-17-19-48(61)20-18-43)51-36-55(67-40(2)66-51)70-53-12-4-3-9-46(53)35-54(70)59(74)64-25-27-76-29-31-77-30-28-75-26-22-56(71)63-23-6-5-11-49-33-47(45-10-7-8-41(32-45)37-60)34-52(68-49)58(73)69-50-21-24-62-38-50/h7-8,10,13-20,32-34,36,39,46,50,53-54,62H,3-4,6,9,12,21-31,35,38,61H2,1-2H3,(H,63,71)(H,64,74)(H,65,72)(H,69,73)/t39-,46-,50+,53-,54-/m0/s1. The highest BCUT2D eigenvalue weighted by Crippen LogP contribution is 2.42. The third-order valence-electron chi connectivity index (χ3n) is 14.0. The van der Waals surface area contributed by atoms with Gasteiger partial charge in [-0.25, -0.2) is 15.0 Å². The highest BCUT2D eigenvalue weighted by molar-refractivity contribution is 5.95. The van der Waals surface area contributed by atoms with E-state index in [1.54, 1.807) is 30.3 Å². The van der Waals surface area contributed by atoms with Crippen LogP contribution in [-0.2, 0) is 23.8 Å². The molecule has 18 nitrogen and oxygen atoms in total. The van der Waals surface area contributed by atoms with Gasteiger partial charge in [-0.2, -0.15) is 5.26 Å². The van der Waals surface area contributed by atoms with E-state index in [4.69, 9.17) is 29.9 Å². The first-order valence-corrected chi connectivity index (χ1v) is 26.7. The number of carbonyl (C=O) groups excluding carboxylic acids is 4. The van der Waals surface area contributed by atoms with Crippen LogP contribution < -0.4 is 37.2 Å². The van der Waals surface area contributed by atoms with E-state index in [9.17, 15) is 24.4 Å². The maximum absolute atomic E-state index is 13.9. The number of benzene rings is 3. The van der Waals surface area contributed by atoms with Crippen molar-refractivity contribution in [2.75, 3.05) is 76.5 Å². The molecule has 0 unspecified atom stereocenters. The van der Waals surface area contributed by atoms with Crippen LogP contribution >= 0.6 is 0 Å². The molecule has 4 amide bonds. The van der Waals surface area contributed by atoms with Crippen molar-refractivity contribution in [2.24, 2.45) is 5.92 Å². The lowest BCUT2D eigenvalue weighted by Crippen LogP contribution is -2.48. The molecular weight excluding hydrogens is 975 g/mol. The summed E-state index contributed by atoms with van der Waals surface area (Å²) >= 11 is 0. The molecule has 402 valence electrons. The summed E-state index contributed by atoms with van der Waals surface area (Å²) in [6, 6.07) is 29.2. The number of ether oxygens (including phenoxy) is 3. The number of amides is 4. The van der Waals surface area contributed by atoms with Crippen molar-refractivity contribution in [1.82, 2.24) is 41.5 Å². The lowest BCUT2D eigenvalue weighted by Gasteiger charge is -2.35.